The molecule has 1 heterocycles. The Labute approximate surface area is 100 Å². The predicted molar refractivity (Wildman–Crippen MR) is 64.1 cm³/mol. The first-order chi connectivity index (χ1) is 8.20. The zero-order chi connectivity index (χ0) is 11.9. The van der Waals surface area contributed by atoms with E-state index in [1.807, 2.05) is 6.07 Å². The van der Waals surface area contributed by atoms with Crippen molar-refractivity contribution in [2.45, 2.75) is 25.7 Å². The maximum Gasteiger partial charge on any atom is 0.354 e. The number of anilines is 1. The highest BCUT2D eigenvalue weighted by atomic mass is 16.4. The molecule has 4 heteroatoms. The van der Waals surface area contributed by atoms with E-state index in [2.05, 4.69) is 10.3 Å². The maximum atomic E-state index is 10.8. The molecule has 0 aromatic carbocycles. The van der Waals surface area contributed by atoms with Crippen LogP contribution in [0.25, 0.3) is 0 Å². The number of hydrogen-bond acceptors (Lipinski definition) is 3. The highest BCUT2D eigenvalue weighted by Gasteiger charge is 2.53. The number of carbonyl (C=O) groups is 1. The number of nitrogens with zero attached hydrogens (tertiary/aromatic N) is 1. The van der Waals surface area contributed by atoms with Gasteiger partial charge in [0.1, 0.15) is 5.69 Å². The van der Waals surface area contributed by atoms with Gasteiger partial charge in [0.05, 0.1) is 0 Å². The SMILES string of the molecule is O=C(O)c1cc(NCC2(C3CC3)CC2)ccn1. The van der Waals surface area contributed by atoms with Crippen LogP contribution in [0.5, 0.6) is 0 Å². The summed E-state index contributed by atoms with van der Waals surface area (Å²) in [5.41, 5.74) is 1.49. The van der Waals surface area contributed by atoms with Crippen molar-refractivity contribution in [3.8, 4) is 0 Å². The molecule has 0 unspecified atom stereocenters. The number of carboxylic acids is 1. The first-order valence-corrected chi connectivity index (χ1v) is 6.13. The number of rotatable bonds is 5. The molecule has 1 aromatic heterocycles. The molecule has 4 nitrogen and oxygen atoms in total. The molecule has 90 valence electrons. The van der Waals surface area contributed by atoms with Crippen LogP contribution in [-0.2, 0) is 0 Å². The summed E-state index contributed by atoms with van der Waals surface area (Å²) in [7, 11) is 0. The molecule has 0 aliphatic heterocycles. The summed E-state index contributed by atoms with van der Waals surface area (Å²) < 4.78 is 0. The van der Waals surface area contributed by atoms with Gasteiger partial charge in [0.2, 0.25) is 0 Å². The van der Waals surface area contributed by atoms with Gasteiger partial charge in [-0.3, -0.25) is 0 Å². The summed E-state index contributed by atoms with van der Waals surface area (Å²) in [4.78, 5) is 14.6. The first kappa shape index (κ1) is 10.6. The quantitative estimate of drug-likeness (QED) is 0.818. The Hall–Kier alpha value is -1.58. The summed E-state index contributed by atoms with van der Waals surface area (Å²) in [5.74, 6) is -0.0623. The number of nitrogens with one attached hydrogen (secondary N) is 1. The molecule has 17 heavy (non-hydrogen) atoms. The van der Waals surface area contributed by atoms with Gasteiger partial charge in [0.15, 0.2) is 0 Å². The van der Waals surface area contributed by atoms with Crippen LogP contribution in [0, 0.1) is 11.3 Å². The van der Waals surface area contributed by atoms with Crippen molar-refractivity contribution < 1.29 is 9.90 Å². The summed E-state index contributed by atoms with van der Waals surface area (Å²) >= 11 is 0. The molecule has 2 fully saturated rings. The Kier molecular flexibility index (Phi) is 2.31. The maximum absolute atomic E-state index is 10.8. The lowest BCUT2D eigenvalue weighted by Gasteiger charge is -2.15. The molecule has 2 saturated carbocycles. The number of carboxylic acid groups (broad SMARTS) is 1. The van der Waals surface area contributed by atoms with Gasteiger partial charge in [-0.2, -0.15) is 0 Å². The van der Waals surface area contributed by atoms with E-state index < -0.39 is 5.97 Å². The molecule has 0 amide bonds. The Bertz CT molecular complexity index is 450. The Balaban J connectivity index is 1.64. The van der Waals surface area contributed by atoms with E-state index in [0.717, 1.165) is 18.2 Å². The summed E-state index contributed by atoms with van der Waals surface area (Å²) in [6.07, 6.45) is 6.93. The minimum absolute atomic E-state index is 0.103. The molecule has 0 bridgehead atoms. The number of aromatic carboxylic acids is 1. The van der Waals surface area contributed by atoms with E-state index in [-0.39, 0.29) is 5.69 Å². The fourth-order valence-electron chi connectivity index (χ4n) is 2.52. The molecular weight excluding hydrogens is 216 g/mol. The molecular formula is C13H16N2O2. The number of hydrogen-bond donors (Lipinski definition) is 2. The van der Waals surface area contributed by atoms with Crippen molar-refractivity contribution >= 4 is 11.7 Å². The van der Waals surface area contributed by atoms with E-state index in [1.165, 1.54) is 25.7 Å². The lowest BCUT2D eigenvalue weighted by molar-refractivity contribution is 0.0690. The van der Waals surface area contributed by atoms with Crippen LogP contribution in [0.4, 0.5) is 5.69 Å². The van der Waals surface area contributed by atoms with Crippen LogP contribution in [0.15, 0.2) is 18.3 Å². The predicted octanol–water partition coefficient (Wildman–Crippen LogP) is 2.38. The third-order valence-electron chi connectivity index (χ3n) is 3.96. The highest BCUT2D eigenvalue weighted by molar-refractivity contribution is 5.86. The summed E-state index contributed by atoms with van der Waals surface area (Å²) in [6, 6.07) is 3.43. The summed E-state index contributed by atoms with van der Waals surface area (Å²) in [5, 5.41) is 12.2. The Morgan fingerprint density at radius 1 is 1.53 bits per heavy atom. The Morgan fingerprint density at radius 2 is 2.29 bits per heavy atom. The van der Waals surface area contributed by atoms with Crippen molar-refractivity contribution in [2.75, 3.05) is 11.9 Å². The largest absolute Gasteiger partial charge is 0.477 e. The van der Waals surface area contributed by atoms with Crippen molar-refractivity contribution in [1.82, 2.24) is 4.98 Å². The number of pyridine rings is 1. The smallest absolute Gasteiger partial charge is 0.354 e. The molecule has 0 spiro atoms. The second-order valence-electron chi connectivity index (χ2n) is 5.23. The van der Waals surface area contributed by atoms with Crippen molar-refractivity contribution in [3.63, 3.8) is 0 Å². The first-order valence-electron chi connectivity index (χ1n) is 6.13. The average Bonchev–Trinajstić information content (AvgIpc) is 3.17. The van der Waals surface area contributed by atoms with Crippen molar-refractivity contribution in [2.24, 2.45) is 11.3 Å². The molecule has 0 radical (unpaired) electrons. The van der Waals surface area contributed by atoms with Crippen molar-refractivity contribution in [3.05, 3.63) is 24.0 Å². The van der Waals surface area contributed by atoms with Crippen LogP contribution in [0.3, 0.4) is 0 Å². The monoisotopic (exact) mass is 232 g/mol. The van der Waals surface area contributed by atoms with Gasteiger partial charge in [-0.05, 0) is 49.1 Å². The molecule has 2 aliphatic rings. The third kappa shape index (κ3) is 2.12. The van der Waals surface area contributed by atoms with Crippen LogP contribution in [0.2, 0.25) is 0 Å². The third-order valence-corrected chi connectivity index (χ3v) is 3.96. The highest BCUT2D eigenvalue weighted by Crippen LogP contribution is 2.61. The molecule has 0 saturated heterocycles. The van der Waals surface area contributed by atoms with Crippen LogP contribution < -0.4 is 5.32 Å². The zero-order valence-electron chi connectivity index (χ0n) is 9.65. The van der Waals surface area contributed by atoms with E-state index in [4.69, 9.17) is 5.11 Å². The summed E-state index contributed by atoms with van der Waals surface area (Å²) in [6.45, 7) is 0.973. The second-order valence-corrected chi connectivity index (χ2v) is 5.23. The van der Waals surface area contributed by atoms with Gasteiger partial charge in [0, 0.05) is 18.4 Å². The topological polar surface area (TPSA) is 62.2 Å². The van der Waals surface area contributed by atoms with Gasteiger partial charge in [-0.15, -0.1) is 0 Å². The van der Waals surface area contributed by atoms with Crippen LogP contribution in [0.1, 0.15) is 36.2 Å². The molecule has 1 aromatic rings. The van der Waals surface area contributed by atoms with Crippen LogP contribution in [-0.4, -0.2) is 22.6 Å². The van der Waals surface area contributed by atoms with Gasteiger partial charge in [0.25, 0.3) is 0 Å². The standard InChI is InChI=1S/C13H16N2O2/c16-12(17)11-7-10(3-6-14-11)15-8-13(4-5-13)9-1-2-9/h3,6-7,9H,1-2,4-5,8H2,(H,14,15)(H,16,17). The van der Waals surface area contributed by atoms with Crippen molar-refractivity contribution in [1.29, 1.82) is 0 Å². The van der Waals surface area contributed by atoms with Crippen LogP contribution >= 0.6 is 0 Å². The minimum Gasteiger partial charge on any atom is -0.477 e. The lowest BCUT2D eigenvalue weighted by Crippen LogP contribution is -2.17. The normalized spacial score (nSPS) is 20.9. The molecule has 3 rings (SSSR count). The minimum atomic E-state index is -0.975. The van der Waals surface area contributed by atoms with E-state index in [1.54, 1.807) is 12.3 Å². The van der Waals surface area contributed by atoms with Gasteiger partial charge in [-0.25, -0.2) is 9.78 Å². The zero-order valence-corrected chi connectivity index (χ0v) is 9.65. The molecule has 2 N–H and O–H groups in total. The lowest BCUT2D eigenvalue weighted by atomic mass is 10.0. The van der Waals surface area contributed by atoms with E-state index in [0.29, 0.717) is 5.41 Å². The molecule has 2 aliphatic carbocycles. The fourth-order valence-corrected chi connectivity index (χ4v) is 2.52. The average molecular weight is 232 g/mol. The number of aromatic nitrogens is 1. The van der Waals surface area contributed by atoms with E-state index in [9.17, 15) is 4.79 Å². The van der Waals surface area contributed by atoms with Gasteiger partial charge >= 0.3 is 5.97 Å². The molecule has 0 atom stereocenters. The van der Waals surface area contributed by atoms with Gasteiger partial charge < -0.3 is 10.4 Å². The fraction of sp³-hybridized carbons (Fsp3) is 0.538. The van der Waals surface area contributed by atoms with Gasteiger partial charge in [-0.1, -0.05) is 0 Å². The second kappa shape index (κ2) is 3.72. The van der Waals surface area contributed by atoms with E-state index >= 15 is 0 Å². The Morgan fingerprint density at radius 3 is 2.88 bits per heavy atom.